The molecule has 1 fully saturated rings. The quantitative estimate of drug-likeness (QED) is 0.751. The summed E-state index contributed by atoms with van der Waals surface area (Å²) >= 11 is 0. The molecule has 0 unspecified atom stereocenters. The number of hydrogen-bond acceptors (Lipinski definition) is 4. The third-order valence-electron chi connectivity index (χ3n) is 3.82. The zero-order chi connectivity index (χ0) is 14.5. The summed E-state index contributed by atoms with van der Waals surface area (Å²) in [6, 6.07) is 7.57. The topological polar surface area (TPSA) is 46.9 Å². The lowest BCUT2D eigenvalue weighted by molar-refractivity contribution is 0.117. The molecule has 5 heteroatoms. The van der Waals surface area contributed by atoms with E-state index < -0.39 is 7.12 Å². The molecule has 0 aromatic heterocycles. The molecule has 1 aromatic rings. The predicted molar refractivity (Wildman–Crippen MR) is 82.8 cm³/mol. The van der Waals surface area contributed by atoms with Crippen LogP contribution in [0.25, 0.3) is 0 Å². The summed E-state index contributed by atoms with van der Waals surface area (Å²) in [6.07, 6.45) is 0. The van der Waals surface area contributed by atoms with Crippen LogP contribution in [0.4, 0.5) is 0 Å². The van der Waals surface area contributed by atoms with Crippen LogP contribution in [0.2, 0.25) is 0 Å². The smallest absolute Gasteiger partial charge is 0.423 e. The van der Waals surface area contributed by atoms with E-state index in [1.807, 2.05) is 18.2 Å². The Morgan fingerprint density at radius 3 is 2.25 bits per heavy atom. The Bertz CT molecular complexity index is 418. The predicted octanol–water partition coefficient (Wildman–Crippen LogP) is 0.140. The summed E-state index contributed by atoms with van der Waals surface area (Å²) in [4.78, 5) is 4.89. The van der Waals surface area contributed by atoms with Crippen LogP contribution in [0.5, 0.6) is 0 Å². The van der Waals surface area contributed by atoms with Gasteiger partial charge in [-0.1, -0.05) is 38.1 Å². The molecule has 20 heavy (non-hydrogen) atoms. The maximum atomic E-state index is 9.40. The minimum absolute atomic E-state index is 0.622. The van der Waals surface area contributed by atoms with Crippen LogP contribution < -0.4 is 5.46 Å². The van der Waals surface area contributed by atoms with Crippen molar-refractivity contribution in [1.82, 2.24) is 9.80 Å². The van der Waals surface area contributed by atoms with Gasteiger partial charge in [0.2, 0.25) is 0 Å². The van der Waals surface area contributed by atoms with Gasteiger partial charge in [-0.2, -0.15) is 0 Å². The summed E-state index contributed by atoms with van der Waals surface area (Å²) in [5.41, 5.74) is 1.64. The number of benzene rings is 1. The lowest BCUT2D eigenvalue weighted by atomic mass is 9.77. The van der Waals surface area contributed by atoms with E-state index in [-0.39, 0.29) is 0 Å². The van der Waals surface area contributed by atoms with Gasteiger partial charge in [-0.3, -0.25) is 4.90 Å². The van der Waals surface area contributed by atoms with Gasteiger partial charge in [0.15, 0.2) is 0 Å². The van der Waals surface area contributed by atoms with Crippen LogP contribution in [0, 0.1) is 5.92 Å². The SMILES string of the molecule is CC(C)CN1CCN(Cc2ccccc2B(O)O)CC1. The molecule has 1 aromatic carbocycles. The molecule has 110 valence electrons. The molecule has 0 spiro atoms. The van der Waals surface area contributed by atoms with E-state index in [0.717, 1.165) is 38.3 Å². The molecular weight excluding hydrogens is 251 g/mol. The number of hydrogen-bond donors (Lipinski definition) is 2. The third kappa shape index (κ3) is 4.31. The maximum absolute atomic E-state index is 9.40. The Balaban J connectivity index is 1.90. The summed E-state index contributed by atoms with van der Waals surface area (Å²) in [5, 5.41) is 18.8. The molecule has 0 radical (unpaired) electrons. The molecule has 4 nitrogen and oxygen atoms in total. The minimum atomic E-state index is -1.38. The van der Waals surface area contributed by atoms with Crippen molar-refractivity contribution in [2.75, 3.05) is 32.7 Å². The molecule has 1 heterocycles. The first kappa shape index (κ1) is 15.5. The van der Waals surface area contributed by atoms with Crippen molar-refractivity contribution in [3.8, 4) is 0 Å². The van der Waals surface area contributed by atoms with Gasteiger partial charge >= 0.3 is 7.12 Å². The Morgan fingerprint density at radius 1 is 1.05 bits per heavy atom. The van der Waals surface area contributed by atoms with Gasteiger partial charge in [0.1, 0.15) is 0 Å². The second kappa shape index (κ2) is 7.22. The monoisotopic (exact) mass is 276 g/mol. The fourth-order valence-corrected chi connectivity index (χ4v) is 2.82. The zero-order valence-electron chi connectivity index (χ0n) is 12.5. The highest BCUT2D eigenvalue weighted by molar-refractivity contribution is 6.59. The van der Waals surface area contributed by atoms with E-state index in [1.165, 1.54) is 6.54 Å². The second-order valence-electron chi connectivity index (χ2n) is 6.04. The molecule has 1 saturated heterocycles. The first-order valence-corrected chi connectivity index (χ1v) is 7.45. The number of piperazine rings is 1. The van der Waals surface area contributed by atoms with E-state index in [9.17, 15) is 10.0 Å². The van der Waals surface area contributed by atoms with Crippen LogP contribution >= 0.6 is 0 Å². The Hall–Kier alpha value is -0.875. The van der Waals surface area contributed by atoms with Crippen molar-refractivity contribution in [2.24, 2.45) is 5.92 Å². The molecule has 0 amide bonds. The zero-order valence-corrected chi connectivity index (χ0v) is 12.5. The molecule has 1 aliphatic heterocycles. The molecule has 0 saturated carbocycles. The summed E-state index contributed by atoms with van der Waals surface area (Å²) < 4.78 is 0. The van der Waals surface area contributed by atoms with Crippen molar-refractivity contribution in [3.63, 3.8) is 0 Å². The first-order chi connectivity index (χ1) is 9.56. The fraction of sp³-hybridized carbons (Fsp3) is 0.600. The third-order valence-corrected chi connectivity index (χ3v) is 3.82. The Labute approximate surface area is 122 Å². The van der Waals surface area contributed by atoms with Gasteiger partial charge in [0, 0.05) is 39.3 Å². The van der Waals surface area contributed by atoms with E-state index in [0.29, 0.717) is 11.4 Å². The van der Waals surface area contributed by atoms with Gasteiger partial charge < -0.3 is 14.9 Å². The van der Waals surface area contributed by atoms with Gasteiger partial charge in [-0.25, -0.2) is 0 Å². The maximum Gasteiger partial charge on any atom is 0.488 e. The first-order valence-electron chi connectivity index (χ1n) is 7.45. The standard InChI is InChI=1S/C15H25BN2O2/c1-13(2)11-17-7-9-18(10-8-17)12-14-5-3-4-6-15(14)16(19)20/h3-6,13,19-20H,7-12H2,1-2H3. The van der Waals surface area contributed by atoms with Crippen molar-refractivity contribution in [2.45, 2.75) is 20.4 Å². The van der Waals surface area contributed by atoms with Gasteiger partial charge in [0.25, 0.3) is 0 Å². The molecule has 2 N–H and O–H groups in total. The van der Waals surface area contributed by atoms with Crippen LogP contribution in [-0.2, 0) is 6.54 Å². The molecular formula is C15H25BN2O2. The Morgan fingerprint density at radius 2 is 1.65 bits per heavy atom. The van der Waals surface area contributed by atoms with Gasteiger partial charge in [-0.15, -0.1) is 0 Å². The van der Waals surface area contributed by atoms with Crippen LogP contribution in [-0.4, -0.2) is 59.7 Å². The summed E-state index contributed by atoms with van der Waals surface area (Å²) in [5.74, 6) is 0.715. The van der Waals surface area contributed by atoms with Crippen molar-refractivity contribution in [3.05, 3.63) is 29.8 Å². The fourth-order valence-electron chi connectivity index (χ4n) is 2.82. The van der Waals surface area contributed by atoms with E-state index in [1.54, 1.807) is 6.07 Å². The normalized spacial score (nSPS) is 17.6. The lowest BCUT2D eigenvalue weighted by Crippen LogP contribution is -2.47. The molecule has 2 rings (SSSR count). The average Bonchev–Trinajstić information content (AvgIpc) is 2.41. The highest BCUT2D eigenvalue weighted by atomic mass is 16.4. The lowest BCUT2D eigenvalue weighted by Gasteiger charge is -2.35. The van der Waals surface area contributed by atoms with Gasteiger partial charge in [0.05, 0.1) is 0 Å². The molecule has 1 aliphatic rings. The van der Waals surface area contributed by atoms with Crippen LogP contribution in [0.1, 0.15) is 19.4 Å². The van der Waals surface area contributed by atoms with E-state index in [4.69, 9.17) is 0 Å². The molecule has 0 aliphatic carbocycles. The van der Waals surface area contributed by atoms with Crippen LogP contribution in [0.3, 0.4) is 0 Å². The van der Waals surface area contributed by atoms with Crippen molar-refractivity contribution in [1.29, 1.82) is 0 Å². The molecule has 0 bridgehead atoms. The van der Waals surface area contributed by atoms with E-state index in [2.05, 4.69) is 23.6 Å². The average molecular weight is 276 g/mol. The minimum Gasteiger partial charge on any atom is -0.423 e. The van der Waals surface area contributed by atoms with Crippen molar-refractivity contribution >= 4 is 12.6 Å². The highest BCUT2D eigenvalue weighted by Crippen LogP contribution is 2.09. The second-order valence-corrected chi connectivity index (χ2v) is 6.04. The van der Waals surface area contributed by atoms with Crippen molar-refractivity contribution < 1.29 is 10.0 Å². The number of nitrogens with zero attached hydrogens (tertiary/aromatic N) is 2. The largest absolute Gasteiger partial charge is 0.488 e. The number of rotatable bonds is 5. The van der Waals surface area contributed by atoms with E-state index >= 15 is 0 Å². The highest BCUT2D eigenvalue weighted by Gasteiger charge is 2.20. The van der Waals surface area contributed by atoms with Crippen LogP contribution in [0.15, 0.2) is 24.3 Å². The Kier molecular flexibility index (Phi) is 5.60. The summed E-state index contributed by atoms with van der Waals surface area (Å²) in [6.45, 7) is 10.8. The van der Waals surface area contributed by atoms with Gasteiger partial charge in [-0.05, 0) is 16.9 Å². The summed E-state index contributed by atoms with van der Waals surface area (Å²) in [7, 11) is -1.38. The molecule has 0 atom stereocenters.